The highest BCUT2D eigenvalue weighted by Gasteiger charge is 1.99. The number of nitrogens with one attached hydrogen (secondary N) is 1. The number of rotatable bonds is 6. The Kier molecular flexibility index (Phi) is 5.82. The number of aliphatic hydroxyl groups excluding tert-OH is 1. The van der Waals surface area contributed by atoms with Gasteiger partial charge in [-0.1, -0.05) is 18.2 Å². The summed E-state index contributed by atoms with van der Waals surface area (Å²) in [6.07, 6.45) is 3.12. The van der Waals surface area contributed by atoms with Crippen LogP contribution in [0.5, 0.6) is 5.75 Å². The molecule has 0 unspecified atom stereocenters. The molecule has 0 aromatic heterocycles. The Labute approximate surface area is 101 Å². The van der Waals surface area contributed by atoms with E-state index in [1.54, 1.807) is 6.08 Å². The zero-order valence-electron chi connectivity index (χ0n) is 9.85. The van der Waals surface area contributed by atoms with Crippen LogP contribution < -0.4 is 10.1 Å². The summed E-state index contributed by atoms with van der Waals surface area (Å²) in [6, 6.07) is 7.50. The quantitative estimate of drug-likeness (QED) is 0.729. The number of aliphatic hydroxyl groups is 1. The van der Waals surface area contributed by atoms with Crippen molar-refractivity contribution >= 4 is 12.0 Å². The van der Waals surface area contributed by atoms with Gasteiger partial charge in [-0.05, 0) is 19.1 Å². The molecule has 0 bridgehead atoms. The van der Waals surface area contributed by atoms with Crippen LogP contribution in [-0.4, -0.2) is 30.8 Å². The van der Waals surface area contributed by atoms with Crippen molar-refractivity contribution in [2.24, 2.45) is 0 Å². The first-order chi connectivity index (χ1) is 8.27. The third-order valence-electron chi connectivity index (χ3n) is 2.04. The molecule has 0 heterocycles. The van der Waals surface area contributed by atoms with E-state index in [9.17, 15) is 4.79 Å². The van der Waals surface area contributed by atoms with Gasteiger partial charge in [-0.2, -0.15) is 0 Å². The summed E-state index contributed by atoms with van der Waals surface area (Å²) in [5.74, 6) is 0.520. The second kappa shape index (κ2) is 7.46. The molecule has 0 aliphatic heterocycles. The maximum Gasteiger partial charge on any atom is 0.244 e. The number of benzene rings is 1. The zero-order chi connectivity index (χ0) is 12.5. The number of hydrogen-bond donors (Lipinski definition) is 2. The molecule has 4 heteroatoms. The van der Waals surface area contributed by atoms with Crippen molar-refractivity contribution in [2.45, 2.75) is 6.92 Å². The van der Waals surface area contributed by atoms with Gasteiger partial charge < -0.3 is 15.2 Å². The lowest BCUT2D eigenvalue weighted by atomic mass is 10.2. The van der Waals surface area contributed by atoms with E-state index in [1.807, 2.05) is 31.2 Å². The number of carbonyl (C=O) groups excluding carboxylic acids is 1. The minimum Gasteiger partial charge on any atom is -0.493 e. The van der Waals surface area contributed by atoms with Gasteiger partial charge in [-0.25, -0.2) is 0 Å². The Morgan fingerprint density at radius 1 is 1.47 bits per heavy atom. The van der Waals surface area contributed by atoms with Crippen molar-refractivity contribution in [3.8, 4) is 5.75 Å². The van der Waals surface area contributed by atoms with Crippen molar-refractivity contribution in [1.29, 1.82) is 0 Å². The lowest BCUT2D eigenvalue weighted by Crippen LogP contribution is -2.24. The molecule has 0 saturated heterocycles. The van der Waals surface area contributed by atoms with E-state index in [4.69, 9.17) is 9.84 Å². The van der Waals surface area contributed by atoms with Gasteiger partial charge in [0.25, 0.3) is 0 Å². The fourth-order valence-corrected chi connectivity index (χ4v) is 1.31. The highest BCUT2D eigenvalue weighted by atomic mass is 16.5. The van der Waals surface area contributed by atoms with Gasteiger partial charge in [-0.15, -0.1) is 0 Å². The molecule has 17 heavy (non-hydrogen) atoms. The van der Waals surface area contributed by atoms with Crippen LogP contribution >= 0.6 is 0 Å². The van der Waals surface area contributed by atoms with Crippen LogP contribution in [0.4, 0.5) is 0 Å². The Bertz CT molecular complexity index is 388. The van der Waals surface area contributed by atoms with Crippen LogP contribution in [0.15, 0.2) is 30.3 Å². The SMILES string of the molecule is CCOc1ccccc1/C=C/C(=O)NCCO. The smallest absolute Gasteiger partial charge is 0.244 e. The van der Waals surface area contributed by atoms with Crippen molar-refractivity contribution < 1.29 is 14.6 Å². The molecule has 4 nitrogen and oxygen atoms in total. The molecule has 0 aliphatic carbocycles. The van der Waals surface area contributed by atoms with Crippen molar-refractivity contribution in [2.75, 3.05) is 19.8 Å². The third-order valence-corrected chi connectivity index (χ3v) is 2.04. The van der Waals surface area contributed by atoms with E-state index in [-0.39, 0.29) is 19.1 Å². The largest absolute Gasteiger partial charge is 0.493 e. The second-order valence-corrected chi connectivity index (χ2v) is 3.32. The third kappa shape index (κ3) is 4.70. The van der Waals surface area contributed by atoms with Gasteiger partial charge in [0.2, 0.25) is 5.91 Å². The van der Waals surface area contributed by atoms with Gasteiger partial charge in [0.1, 0.15) is 5.75 Å². The van der Waals surface area contributed by atoms with Gasteiger partial charge in [0, 0.05) is 18.2 Å². The molecule has 0 radical (unpaired) electrons. The Morgan fingerprint density at radius 3 is 2.94 bits per heavy atom. The molecule has 0 atom stereocenters. The molecule has 1 amide bonds. The lowest BCUT2D eigenvalue weighted by molar-refractivity contribution is -0.116. The zero-order valence-corrected chi connectivity index (χ0v) is 9.85. The van der Waals surface area contributed by atoms with Crippen molar-refractivity contribution in [3.05, 3.63) is 35.9 Å². The van der Waals surface area contributed by atoms with Gasteiger partial charge >= 0.3 is 0 Å². The first kappa shape index (κ1) is 13.3. The molecular formula is C13H17NO3. The lowest BCUT2D eigenvalue weighted by Gasteiger charge is -2.06. The van der Waals surface area contributed by atoms with Crippen LogP contribution in [0.25, 0.3) is 6.08 Å². The summed E-state index contributed by atoms with van der Waals surface area (Å²) in [4.78, 5) is 11.3. The monoisotopic (exact) mass is 235 g/mol. The predicted octanol–water partition coefficient (Wildman–Crippen LogP) is 1.21. The molecule has 0 fully saturated rings. The summed E-state index contributed by atoms with van der Waals surface area (Å²) in [6.45, 7) is 2.70. The van der Waals surface area contributed by atoms with Gasteiger partial charge in [0.05, 0.1) is 13.2 Å². The highest BCUT2D eigenvalue weighted by molar-refractivity contribution is 5.92. The number of carbonyl (C=O) groups is 1. The number of ether oxygens (including phenoxy) is 1. The van der Waals surface area contributed by atoms with Crippen LogP contribution in [0.2, 0.25) is 0 Å². The molecule has 0 aliphatic rings. The fourth-order valence-electron chi connectivity index (χ4n) is 1.31. The minimum atomic E-state index is -0.231. The van der Waals surface area contributed by atoms with Crippen LogP contribution in [0.1, 0.15) is 12.5 Å². The standard InChI is InChI=1S/C13H17NO3/c1-2-17-12-6-4-3-5-11(12)7-8-13(16)14-9-10-15/h3-8,15H,2,9-10H2,1H3,(H,14,16)/b8-7+. The maximum absolute atomic E-state index is 11.3. The van der Waals surface area contributed by atoms with Gasteiger partial charge in [-0.3, -0.25) is 4.79 Å². The average Bonchev–Trinajstić information content (AvgIpc) is 2.35. The number of amides is 1. The van der Waals surface area contributed by atoms with Crippen molar-refractivity contribution in [1.82, 2.24) is 5.32 Å². The summed E-state index contributed by atoms with van der Waals surface area (Å²) in [5, 5.41) is 11.1. The molecule has 1 rings (SSSR count). The second-order valence-electron chi connectivity index (χ2n) is 3.32. The molecule has 2 N–H and O–H groups in total. The minimum absolute atomic E-state index is 0.0604. The van der Waals surface area contributed by atoms with E-state index < -0.39 is 0 Å². The van der Waals surface area contributed by atoms with E-state index in [0.717, 1.165) is 11.3 Å². The topological polar surface area (TPSA) is 58.6 Å². The molecule has 92 valence electrons. The highest BCUT2D eigenvalue weighted by Crippen LogP contribution is 2.19. The predicted molar refractivity (Wildman–Crippen MR) is 66.7 cm³/mol. The first-order valence-electron chi connectivity index (χ1n) is 5.56. The first-order valence-corrected chi connectivity index (χ1v) is 5.56. The molecule has 0 saturated carbocycles. The Morgan fingerprint density at radius 2 is 2.24 bits per heavy atom. The molecule has 0 spiro atoms. The summed E-state index contributed by atoms with van der Waals surface area (Å²) in [5.41, 5.74) is 0.855. The normalized spacial score (nSPS) is 10.5. The average molecular weight is 235 g/mol. The number of para-hydroxylation sites is 1. The number of hydrogen-bond acceptors (Lipinski definition) is 3. The van der Waals surface area contributed by atoms with Crippen LogP contribution in [-0.2, 0) is 4.79 Å². The maximum atomic E-state index is 11.3. The van der Waals surface area contributed by atoms with E-state index in [2.05, 4.69) is 5.32 Å². The summed E-state index contributed by atoms with van der Waals surface area (Å²) in [7, 11) is 0. The van der Waals surface area contributed by atoms with E-state index in [1.165, 1.54) is 6.08 Å². The molecule has 1 aromatic carbocycles. The Hall–Kier alpha value is -1.81. The van der Waals surface area contributed by atoms with Crippen LogP contribution in [0.3, 0.4) is 0 Å². The van der Waals surface area contributed by atoms with Gasteiger partial charge in [0.15, 0.2) is 0 Å². The Balaban J connectivity index is 2.66. The molecular weight excluding hydrogens is 218 g/mol. The van der Waals surface area contributed by atoms with E-state index in [0.29, 0.717) is 6.61 Å². The van der Waals surface area contributed by atoms with Crippen molar-refractivity contribution in [3.63, 3.8) is 0 Å². The summed E-state index contributed by atoms with van der Waals surface area (Å²) >= 11 is 0. The fraction of sp³-hybridized carbons (Fsp3) is 0.308. The molecule has 1 aromatic rings. The van der Waals surface area contributed by atoms with E-state index >= 15 is 0 Å². The van der Waals surface area contributed by atoms with Crippen LogP contribution in [0, 0.1) is 0 Å². The summed E-state index contributed by atoms with van der Waals surface area (Å²) < 4.78 is 5.43.